The standard InChI is InChI=1S/C19H19N3OS/c1-4-22(14(3)23)19-21-17(12-24-19)9-8-16-7-6-15-11-13(2)5-10-18(15)20-16/h5-12H,4H2,1-3H3. The predicted octanol–water partition coefficient (Wildman–Crippen LogP) is 4.54. The van der Waals surface area contributed by atoms with E-state index in [1.807, 2.05) is 36.6 Å². The van der Waals surface area contributed by atoms with Crippen LogP contribution >= 0.6 is 11.3 Å². The minimum Gasteiger partial charge on any atom is -0.289 e. The molecule has 122 valence electrons. The predicted molar refractivity (Wildman–Crippen MR) is 101 cm³/mol. The second kappa shape index (κ2) is 6.93. The van der Waals surface area contributed by atoms with Crippen LogP contribution in [0.2, 0.25) is 0 Å². The van der Waals surface area contributed by atoms with Gasteiger partial charge in [0.15, 0.2) is 5.13 Å². The molecule has 0 aliphatic heterocycles. The highest BCUT2D eigenvalue weighted by molar-refractivity contribution is 7.14. The van der Waals surface area contributed by atoms with Crippen LogP contribution in [0.3, 0.4) is 0 Å². The first-order valence-corrected chi connectivity index (χ1v) is 8.74. The van der Waals surface area contributed by atoms with Crippen molar-refractivity contribution in [1.29, 1.82) is 0 Å². The fourth-order valence-corrected chi connectivity index (χ4v) is 3.39. The zero-order valence-electron chi connectivity index (χ0n) is 14.0. The Kier molecular flexibility index (Phi) is 4.71. The first kappa shape index (κ1) is 16.3. The SMILES string of the molecule is CCN(C(C)=O)c1nc(C=Cc2ccc3cc(C)ccc3n2)cs1. The molecule has 24 heavy (non-hydrogen) atoms. The number of benzene rings is 1. The number of aryl methyl sites for hydroxylation is 1. The Morgan fingerprint density at radius 1 is 1.17 bits per heavy atom. The number of nitrogens with zero attached hydrogens (tertiary/aromatic N) is 3. The number of thiazole rings is 1. The van der Waals surface area contributed by atoms with Crippen molar-refractivity contribution in [3.8, 4) is 0 Å². The smallest absolute Gasteiger partial charge is 0.225 e. The number of fused-ring (bicyclic) bond motifs is 1. The van der Waals surface area contributed by atoms with Crippen LogP contribution < -0.4 is 4.90 Å². The molecule has 0 atom stereocenters. The van der Waals surface area contributed by atoms with E-state index in [1.165, 1.54) is 16.9 Å². The third-order valence-corrected chi connectivity index (χ3v) is 4.61. The second-order valence-electron chi connectivity index (χ2n) is 5.58. The summed E-state index contributed by atoms with van der Waals surface area (Å²) in [5, 5.41) is 3.82. The zero-order valence-corrected chi connectivity index (χ0v) is 14.8. The van der Waals surface area contributed by atoms with Crippen molar-refractivity contribution in [2.75, 3.05) is 11.4 Å². The van der Waals surface area contributed by atoms with E-state index in [0.29, 0.717) is 6.54 Å². The molecule has 0 spiro atoms. The third-order valence-electron chi connectivity index (χ3n) is 3.73. The first-order chi connectivity index (χ1) is 11.6. The van der Waals surface area contributed by atoms with Crippen molar-refractivity contribution < 1.29 is 4.79 Å². The van der Waals surface area contributed by atoms with Crippen LogP contribution in [0.4, 0.5) is 5.13 Å². The molecule has 2 heterocycles. The summed E-state index contributed by atoms with van der Waals surface area (Å²) in [7, 11) is 0. The van der Waals surface area contributed by atoms with Crippen LogP contribution in [-0.4, -0.2) is 22.4 Å². The molecule has 0 aliphatic rings. The van der Waals surface area contributed by atoms with Gasteiger partial charge in [0.2, 0.25) is 5.91 Å². The van der Waals surface area contributed by atoms with Gasteiger partial charge >= 0.3 is 0 Å². The van der Waals surface area contributed by atoms with Crippen LogP contribution in [0.25, 0.3) is 23.1 Å². The fourth-order valence-electron chi connectivity index (χ4n) is 2.49. The van der Waals surface area contributed by atoms with Gasteiger partial charge in [-0.15, -0.1) is 11.3 Å². The minimum atomic E-state index is 0.00821. The molecule has 3 aromatic rings. The Bertz CT molecular complexity index is 914. The summed E-state index contributed by atoms with van der Waals surface area (Å²) < 4.78 is 0. The van der Waals surface area contributed by atoms with Gasteiger partial charge in [-0.1, -0.05) is 17.7 Å². The van der Waals surface area contributed by atoms with Gasteiger partial charge in [0.25, 0.3) is 0 Å². The lowest BCUT2D eigenvalue weighted by Crippen LogP contribution is -2.27. The normalized spacial score (nSPS) is 11.3. The molecule has 5 heteroatoms. The Morgan fingerprint density at radius 2 is 1.96 bits per heavy atom. The lowest BCUT2D eigenvalue weighted by atomic mass is 10.1. The first-order valence-electron chi connectivity index (χ1n) is 7.86. The molecule has 0 fully saturated rings. The maximum absolute atomic E-state index is 11.6. The van der Waals surface area contributed by atoms with Crippen LogP contribution in [0.15, 0.2) is 35.7 Å². The van der Waals surface area contributed by atoms with Crippen LogP contribution in [0.1, 0.15) is 30.8 Å². The van der Waals surface area contributed by atoms with Gasteiger partial charge in [0.1, 0.15) is 0 Å². The summed E-state index contributed by atoms with van der Waals surface area (Å²) in [4.78, 5) is 22.4. The molecule has 0 bridgehead atoms. The average molecular weight is 337 g/mol. The van der Waals surface area contributed by atoms with E-state index >= 15 is 0 Å². The molecule has 4 nitrogen and oxygen atoms in total. The number of amides is 1. The summed E-state index contributed by atoms with van der Waals surface area (Å²) >= 11 is 1.47. The van der Waals surface area contributed by atoms with Gasteiger partial charge in [-0.3, -0.25) is 9.69 Å². The Morgan fingerprint density at radius 3 is 2.71 bits per heavy atom. The number of carbonyl (C=O) groups excluding carboxylic acids is 1. The maximum Gasteiger partial charge on any atom is 0.225 e. The largest absolute Gasteiger partial charge is 0.289 e. The number of pyridine rings is 1. The Balaban J connectivity index is 1.82. The third kappa shape index (κ3) is 3.51. The van der Waals surface area contributed by atoms with Gasteiger partial charge in [-0.2, -0.15) is 0 Å². The summed E-state index contributed by atoms with van der Waals surface area (Å²) in [5.41, 5.74) is 3.93. The molecule has 0 saturated carbocycles. The number of carbonyl (C=O) groups is 1. The number of aromatic nitrogens is 2. The van der Waals surface area contributed by atoms with E-state index in [-0.39, 0.29) is 5.91 Å². The number of hydrogen-bond donors (Lipinski definition) is 0. The molecule has 0 N–H and O–H groups in total. The highest BCUT2D eigenvalue weighted by Crippen LogP contribution is 2.22. The Labute approximate surface area is 145 Å². The number of rotatable bonds is 4. The lowest BCUT2D eigenvalue weighted by molar-refractivity contribution is -0.116. The van der Waals surface area contributed by atoms with Crippen LogP contribution in [-0.2, 0) is 4.79 Å². The summed E-state index contributed by atoms with van der Waals surface area (Å²) in [6, 6.07) is 10.3. The van der Waals surface area contributed by atoms with Gasteiger partial charge in [0.05, 0.1) is 16.9 Å². The molecular formula is C19H19N3OS. The Hall–Kier alpha value is -2.53. The number of hydrogen-bond acceptors (Lipinski definition) is 4. The lowest BCUT2D eigenvalue weighted by Gasteiger charge is -2.14. The van der Waals surface area contributed by atoms with Crippen molar-refractivity contribution in [2.45, 2.75) is 20.8 Å². The average Bonchev–Trinajstić information content (AvgIpc) is 3.01. The van der Waals surface area contributed by atoms with Crippen molar-refractivity contribution in [3.63, 3.8) is 0 Å². The van der Waals surface area contributed by atoms with Crippen molar-refractivity contribution in [2.24, 2.45) is 0 Å². The molecule has 2 aromatic heterocycles. The highest BCUT2D eigenvalue weighted by atomic mass is 32.1. The van der Waals surface area contributed by atoms with Gasteiger partial charge in [-0.05, 0) is 44.2 Å². The molecule has 0 unspecified atom stereocenters. The molecular weight excluding hydrogens is 318 g/mol. The number of anilines is 1. The van der Waals surface area contributed by atoms with E-state index in [1.54, 1.807) is 11.8 Å². The summed E-state index contributed by atoms with van der Waals surface area (Å²) in [6.07, 6.45) is 3.87. The van der Waals surface area contributed by atoms with Crippen molar-refractivity contribution >= 4 is 45.4 Å². The topological polar surface area (TPSA) is 46.1 Å². The second-order valence-corrected chi connectivity index (χ2v) is 6.42. The summed E-state index contributed by atoms with van der Waals surface area (Å²) in [6.45, 7) is 6.20. The van der Waals surface area contributed by atoms with Gasteiger partial charge in [-0.25, -0.2) is 9.97 Å². The minimum absolute atomic E-state index is 0.00821. The monoisotopic (exact) mass is 337 g/mol. The quantitative estimate of drug-likeness (QED) is 0.702. The molecule has 1 aromatic carbocycles. The van der Waals surface area contributed by atoms with E-state index in [9.17, 15) is 4.79 Å². The maximum atomic E-state index is 11.6. The zero-order chi connectivity index (χ0) is 17.1. The fraction of sp³-hybridized carbons (Fsp3) is 0.211. The van der Waals surface area contributed by atoms with Crippen LogP contribution in [0.5, 0.6) is 0 Å². The van der Waals surface area contributed by atoms with E-state index < -0.39 is 0 Å². The molecule has 0 saturated heterocycles. The molecule has 0 aliphatic carbocycles. The molecule has 1 amide bonds. The molecule has 3 rings (SSSR count). The van der Waals surface area contributed by atoms with Crippen LogP contribution in [0, 0.1) is 6.92 Å². The van der Waals surface area contributed by atoms with E-state index in [0.717, 1.165) is 27.4 Å². The molecule has 0 radical (unpaired) electrons. The highest BCUT2D eigenvalue weighted by Gasteiger charge is 2.12. The van der Waals surface area contributed by atoms with Crippen molar-refractivity contribution in [3.05, 3.63) is 52.7 Å². The van der Waals surface area contributed by atoms with Gasteiger partial charge < -0.3 is 0 Å². The summed E-state index contributed by atoms with van der Waals surface area (Å²) in [5.74, 6) is 0.00821. The van der Waals surface area contributed by atoms with Crippen molar-refractivity contribution in [1.82, 2.24) is 9.97 Å². The van der Waals surface area contributed by atoms with Gasteiger partial charge in [0, 0.05) is 24.2 Å². The van der Waals surface area contributed by atoms with E-state index in [4.69, 9.17) is 0 Å². The van der Waals surface area contributed by atoms with E-state index in [2.05, 4.69) is 35.1 Å².